The summed E-state index contributed by atoms with van der Waals surface area (Å²) in [5.41, 5.74) is 3.39. The third kappa shape index (κ3) is 4.33. The van der Waals surface area contributed by atoms with E-state index >= 15 is 0 Å². The summed E-state index contributed by atoms with van der Waals surface area (Å²) in [5, 5.41) is 5.78. The molecule has 2 amide bonds. The fourth-order valence-electron chi connectivity index (χ4n) is 1.96. The number of rotatable bonds is 3. The first-order chi connectivity index (χ1) is 10.5. The Morgan fingerprint density at radius 1 is 1.05 bits per heavy atom. The first-order valence-corrected chi connectivity index (χ1v) is 7.24. The van der Waals surface area contributed by atoms with Crippen LogP contribution in [0.3, 0.4) is 0 Å². The second kappa shape index (κ2) is 7.09. The Bertz CT molecular complexity index is 714. The van der Waals surface area contributed by atoms with Crippen molar-refractivity contribution in [2.75, 3.05) is 5.32 Å². The van der Waals surface area contributed by atoms with Crippen molar-refractivity contribution in [1.82, 2.24) is 5.32 Å². The maximum absolute atomic E-state index is 11.9. The molecular formula is C17H17ClN2O2. The van der Waals surface area contributed by atoms with Crippen molar-refractivity contribution in [1.29, 1.82) is 0 Å². The number of hydrogen-bond acceptors (Lipinski definition) is 2. The third-order valence-corrected chi connectivity index (χ3v) is 3.42. The molecule has 0 radical (unpaired) electrons. The van der Waals surface area contributed by atoms with E-state index in [-0.39, 0.29) is 6.54 Å². The van der Waals surface area contributed by atoms with E-state index in [1.165, 1.54) is 0 Å². The lowest BCUT2D eigenvalue weighted by atomic mass is 10.1. The molecule has 0 saturated heterocycles. The van der Waals surface area contributed by atoms with Crippen LogP contribution in [0.4, 0.5) is 5.69 Å². The Hall–Kier alpha value is -2.33. The number of carbonyl (C=O) groups excluding carboxylic acids is 2. The van der Waals surface area contributed by atoms with E-state index in [0.29, 0.717) is 10.7 Å². The van der Waals surface area contributed by atoms with Gasteiger partial charge in [0, 0.05) is 17.3 Å². The molecule has 2 aromatic rings. The first-order valence-electron chi connectivity index (χ1n) is 6.86. The van der Waals surface area contributed by atoms with Gasteiger partial charge in [0.25, 0.3) is 0 Å². The summed E-state index contributed by atoms with van der Waals surface area (Å²) in [4.78, 5) is 23.8. The molecule has 0 saturated carbocycles. The second-order valence-corrected chi connectivity index (χ2v) is 5.52. The van der Waals surface area contributed by atoms with Crippen LogP contribution in [0.2, 0.25) is 5.02 Å². The SMILES string of the molecule is Cc1ccc(C)c(NC(=O)C(=O)NCc2cccc(Cl)c2)c1. The lowest BCUT2D eigenvalue weighted by molar-refractivity contribution is -0.136. The zero-order valence-electron chi connectivity index (χ0n) is 12.4. The molecule has 0 aliphatic carbocycles. The van der Waals surface area contributed by atoms with Gasteiger partial charge < -0.3 is 10.6 Å². The van der Waals surface area contributed by atoms with Crippen molar-refractivity contribution in [2.45, 2.75) is 20.4 Å². The van der Waals surface area contributed by atoms with Crippen LogP contribution < -0.4 is 10.6 Å². The van der Waals surface area contributed by atoms with E-state index in [1.807, 2.05) is 38.1 Å². The number of aryl methyl sites for hydroxylation is 2. The highest BCUT2D eigenvalue weighted by Gasteiger charge is 2.14. The van der Waals surface area contributed by atoms with Gasteiger partial charge in [-0.25, -0.2) is 0 Å². The minimum absolute atomic E-state index is 0.250. The van der Waals surface area contributed by atoms with E-state index in [9.17, 15) is 9.59 Å². The van der Waals surface area contributed by atoms with Crippen molar-refractivity contribution < 1.29 is 9.59 Å². The van der Waals surface area contributed by atoms with Crippen LogP contribution in [-0.2, 0) is 16.1 Å². The summed E-state index contributed by atoms with van der Waals surface area (Å²) in [6, 6.07) is 12.8. The van der Waals surface area contributed by atoms with Crippen molar-refractivity contribution in [3.8, 4) is 0 Å². The number of nitrogens with one attached hydrogen (secondary N) is 2. The molecule has 0 aliphatic heterocycles. The molecule has 2 aromatic carbocycles. The van der Waals surface area contributed by atoms with Gasteiger partial charge in [-0.15, -0.1) is 0 Å². The summed E-state index contributed by atoms with van der Waals surface area (Å²) >= 11 is 5.87. The minimum atomic E-state index is -0.685. The molecule has 5 heteroatoms. The number of hydrogen-bond donors (Lipinski definition) is 2. The average molecular weight is 317 g/mol. The van der Waals surface area contributed by atoms with Crippen LogP contribution in [0.15, 0.2) is 42.5 Å². The Morgan fingerprint density at radius 2 is 1.82 bits per heavy atom. The first kappa shape index (κ1) is 16.0. The van der Waals surface area contributed by atoms with Gasteiger partial charge in [0.15, 0.2) is 0 Å². The molecule has 0 unspecified atom stereocenters. The van der Waals surface area contributed by atoms with E-state index < -0.39 is 11.8 Å². The third-order valence-electron chi connectivity index (χ3n) is 3.19. The van der Waals surface area contributed by atoms with Crippen LogP contribution in [0.5, 0.6) is 0 Å². The molecule has 0 aromatic heterocycles. The molecule has 2 rings (SSSR count). The van der Waals surface area contributed by atoms with Gasteiger partial charge in [0.05, 0.1) is 0 Å². The van der Waals surface area contributed by atoms with Crippen molar-refractivity contribution >= 4 is 29.1 Å². The predicted octanol–water partition coefficient (Wildman–Crippen LogP) is 3.21. The van der Waals surface area contributed by atoms with Crippen LogP contribution in [0.1, 0.15) is 16.7 Å². The van der Waals surface area contributed by atoms with Crippen molar-refractivity contribution in [3.63, 3.8) is 0 Å². The molecule has 0 aliphatic rings. The lowest BCUT2D eigenvalue weighted by Crippen LogP contribution is -2.35. The van der Waals surface area contributed by atoms with Gasteiger partial charge in [0.1, 0.15) is 0 Å². The number of carbonyl (C=O) groups is 2. The summed E-state index contributed by atoms with van der Waals surface area (Å²) in [6.45, 7) is 4.05. The Kier molecular flexibility index (Phi) is 5.17. The standard InChI is InChI=1S/C17H17ClN2O2/c1-11-6-7-12(2)15(8-11)20-17(22)16(21)19-10-13-4-3-5-14(18)9-13/h3-9H,10H2,1-2H3,(H,19,21)(H,20,22). The highest BCUT2D eigenvalue weighted by Crippen LogP contribution is 2.16. The van der Waals surface area contributed by atoms with E-state index in [2.05, 4.69) is 10.6 Å². The highest BCUT2D eigenvalue weighted by atomic mass is 35.5. The smallest absolute Gasteiger partial charge is 0.313 e. The number of anilines is 1. The maximum Gasteiger partial charge on any atom is 0.313 e. The van der Waals surface area contributed by atoms with Gasteiger partial charge in [0.2, 0.25) is 0 Å². The van der Waals surface area contributed by atoms with Gasteiger partial charge in [-0.3, -0.25) is 9.59 Å². The summed E-state index contributed by atoms with van der Waals surface area (Å²) in [7, 11) is 0. The molecule has 0 heterocycles. The maximum atomic E-state index is 11.9. The fourth-order valence-corrected chi connectivity index (χ4v) is 2.17. The Labute approximate surface area is 134 Å². The predicted molar refractivity (Wildman–Crippen MR) is 87.8 cm³/mol. The van der Waals surface area contributed by atoms with E-state index in [1.54, 1.807) is 18.2 Å². The highest BCUT2D eigenvalue weighted by molar-refractivity contribution is 6.39. The minimum Gasteiger partial charge on any atom is -0.344 e. The normalized spacial score (nSPS) is 10.1. The fraction of sp³-hybridized carbons (Fsp3) is 0.176. The second-order valence-electron chi connectivity index (χ2n) is 5.09. The molecule has 2 N–H and O–H groups in total. The van der Waals surface area contributed by atoms with Crippen LogP contribution >= 0.6 is 11.6 Å². The number of amides is 2. The lowest BCUT2D eigenvalue weighted by Gasteiger charge is -2.09. The molecular weight excluding hydrogens is 300 g/mol. The zero-order valence-corrected chi connectivity index (χ0v) is 13.2. The van der Waals surface area contributed by atoms with Crippen LogP contribution in [0, 0.1) is 13.8 Å². The van der Waals surface area contributed by atoms with Gasteiger partial charge in [-0.2, -0.15) is 0 Å². The van der Waals surface area contributed by atoms with E-state index in [4.69, 9.17) is 11.6 Å². The molecule has 0 spiro atoms. The average Bonchev–Trinajstić information content (AvgIpc) is 2.48. The van der Waals surface area contributed by atoms with Gasteiger partial charge >= 0.3 is 11.8 Å². The molecule has 4 nitrogen and oxygen atoms in total. The van der Waals surface area contributed by atoms with Gasteiger partial charge in [-0.1, -0.05) is 35.9 Å². The number of halogens is 1. The molecule has 0 fully saturated rings. The summed E-state index contributed by atoms with van der Waals surface area (Å²) < 4.78 is 0. The quantitative estimate of drug-likeness (QED) is 0.854. The van der Waals surface area contributed by atoms with Crippen molar-refractivity contribution in [3.05, 3.63) is 64.2 Å². The van der Waals surface area contributed by atoms with Crippen molar-refractivity contribution in [2.24, 2.45) is 0 Å². The van der Waals surface area contributed by atoms with E-state index in [0.717, 1.165) is 16.7 Å². The van der Waals surface area contributed by atoms with Gasteiger partial charge in [-0.05, 0) is 48.7 Å². The van der Waals surface area contributed by atoms with Crippen LogP contribution in [-0.4, -0.2) is 11.8 Å². The largest absolute Gasteiger partial charge is 0.344 e. The molecule has 0 bridgehead atoms. The number of benzene rings is 2. The van der Waals surface area contributed by atoms with Crippen LogP contribution in [0.25, 0.3) is 0 Å². The zero-order chi connectivity index (χ0) is 16.1. The molecule has 114 valence electrons. The summed E-state index contributed by atoms with van der Waals surface area (Å²) in [6.07, 6.45) is 0. The Morgan fingerprint density at radius 3 is 2.55 bits per heavy atom. The molecule has 0 atom stereocenters. The monoisotopic (exact) mass is 316 g/mol. The summed E-state index contributed by atoms with van der Waals surface area (Å²) in [5.74, 6) is -1.36. The molecule has 22 heavy (non-hydrogen) atoms. The Balaban J connectivity index is 1.95. The topological polar surface area (TPSA) is 58.2 Å².